The second kappa shape index (κ2) is 7.62. The number of aromatic nitrogens is 1. The van der Waals surface area contributed by atoms with E-state index in [1.807, 2.05) is 19.1 Å². The second-order valence-electron chi connectivity index (χ2n) is 5.73. The zero-order valence-electron chi connectivity index (χ0n) is 14.4. The summed E-state index contributed by atoms with van der Waals surface area (Å²) in [6.45, 7) is 1.87. The van der Waals surface area contributed by atoms with Gasteiger partial charge in [-0.2, -0.15) is 0 Å². The minimum Gasteiger partial charge on any atom is -0.481 e. The van der Waals surface area contributed by atoms with Crippen molar-refractivity contribution < 1.29 is 19.1 Å². The van der Waals surface area contributed by atoms with Crippen molar-refractivity contribution in [3.63, 3.8) is 0 Å². The summed E-state index contributed by atoms with van der Waals surface area (Å²) >= 11 is 5.88. The number of rotatable bonds is 5. The molecular weight excluding hydrogens is 354 g/mol. The highest BCUT2D eigenvalue weighted by Gasteiger charge is 2.25. The smallest absolute Gasteiger partial charge is 0.340 e. The number of carbonyl (C=O) groups is 2. The molecule has 1 atom stereocenters. The van der Waals surface area contributed by atoms with Crippen LogP contribution in [0.4, 0.5) is 0 Å². The summed E-state index contributed by atoms with van der Waals surface area (Å²) in [5.74, 6) is -0.188. The highest BCUT2D eigenvalue weighted by Crippen LogP contribution is 2.24. The van der Waals surface area contributed by atoms with Crippen LogP contribution < -0.4 is 4.74 Å². The molecule has 3 rings (SSSR count). The molecule has 0 N–H and O–H groups in total. The number of ether oxygens (including phenoxy) is 2. The molecule has 0 aliphatic heterocycles. The Morgan fingerprint density at radius 1 is 1.12 bits per heavy atom. The molecular formula is C20H18ClNO4. The van der Waals surface area contributed by atoms with Crippen LogP contribution in [0.1, 0.15) is 28.5 Å². The van der Waals surface area contributed by atoms with Crippen LogP contribution in [0.25, 0.3) is 10.9 Å². The normalized spacial score (nSPS) is 12.0. The Balaban J connectivity index is 1.97. The quantitative estimate of drug-likeness (QED) is 0.616. The van der Waals surface area contributed by atoms with Gasteiger partial charge in [-0.3, -0.25) is 9.36 Å². The molecule has 3 aromatic rings. The summed E-state index contributed by atoms with van der Waals surface area (Å²) in [6.07, 6.45) is 1.28. The van der Waals surface area contributed by atoms with Crippen molar-refractivity contribution >= 4 is 34.4 Å². The molecule has 0 spiro atoms. The van der Waals surface area contributed by atoms with Crippen molar-refractivity contribution in [3.05, 3.63) is 65.3 Å². The van der Waals surface area contributed by atoms with Crippen molar-refractivity contribution in [3.8, 4) is 5.75 Å². The van der Waals surface area contributed by atoms with Crippen molar-refractivity contribution in [1.82, 2.24) is 4.57 Å². The third-order valence-corrected chi connectivity index (χ3v) is 4.34. The maximum atomic E-state index is 13.0. The Kier molecular flexibility index (Phi) is 5.28. The molecule has 1 aromatic heterocycles. The Morgan fingerprint density at radius 2 is 1.81 bits per heavy atom. The van der Waals surface area contributed by atoms with Crippen LogP contribution in [0.15, 0.2) is 54.7 Å². The molecule has 0 unspecified atom stereocenters. The SMILES string of the molecule is CC[C@@H](Oc1ccc(Cl)cc1)C(=O)n1cc(C(=O)OC)c2ccccc21. The van der Waals surface area contributed by atoms with E-state index in [0.717, 1.165) is 0 Å². The molecule has 0 bridgehead atoms. The average Bonchev–Trinajstić information content (AvgIpc) is 3.06. The van der Waals surface area contributed by atoms with E-state index >= 15 is 0 Å². The predicted molar refractivity (Wildman–Crippen MR) is 100 cm³/mol. The molecule has 5 nitrogen and oxygen atoms in total. The maximum Gasteiger partial charge on any atom is 0.340 e. The molecule has 1 heterocycles. The zero-order chi connectivity index (χ0) is 18.7. The van der Waals surface area contributed by atoms with Gasteiger partial charge >= 0.3 is 5.97 Å². The fourth-order valence-electron chi connectivity index (χ4n) is 2.78. The zero-order valence-corrected chi connectivity index (χ0v) is 15.2. The molecule has 26 heavy (non-hydrogen) atoms. The summed E-state index contributed by atoms with van der Waals surface area (Å²) < 4.78 is 12.1. The Bertz CT molecular complexity index is 946. The van der Waals surface area contributed by atoms with Gasteiger partial charge in [0.25, 0.3) is 5.91 Å². The summed E-state index contributed by atoms with van der Waals surface area (Å²) in [7, 11) is 1.31. The monoisotopic (exact) mass is 371 g/mol. The third kappa shape index (κ3) is 3.44. The van der Waals surface area contributed by atoms with Gasteiger partial charge in [-0.1, -0.05) is 36.7 Å². The summed E-state index contributed by atoms with van der Waals surface area (Å²) in [5.41, 5.74) is 0.980. The molecule has 0 aliphatic rings. The first kappa shape index (κ1) is 18.0. The third-order valence-electron chi connectivity index (χ3n) is 4.09. The number of methoxy groups -OCH3 is 1. The Hall–Kier alpha value is -2.79. The highest BCUT2D eigenvalue weighted by atomic mass is 35.5. The molecule has 6 heteroatoms. The van der Waals surface area contributed by atoms with E-state index in [-0.39, 0.29) is 5.91 Å². The lowest BCUT2D eigenvalue weighted by Crippen LogP contribution is -2.31. The molecule has 0 radical (unpaired) electrons. The topological polar surface area (TPSA) is 57.5 Å². The number of halogens is 1. The van der Waals surface area contributed by atoms with Crippen molar-refractivity contribution in [2.24, 2.45) is 0 Å². The van der Waals surface area contributed by atoms with Crippen LogP contribution in [-0.2, 0) is 4.74 Å². The van der Waals surface area contributed by atoms with Gasteiger partial charge < -0.3 is 9.47 Å². The van der Waals surface area contributed by atoms with E-state index in [0.29, 0.717) is 33.7 Å². The van der Waals surface area contributed by atoms with E-state index in [9.17, 15) is 9.59 Å². The van der Waals surface area contributed by atoms with Gasteiger partial charge in [-0.15, -0.1) is 0 Å². The van der Waals surface area contributed by atoms with E-state index in [1.165, 1.54) is 17.9 Å². The van der Waals surface area contributed by atoms with E-state index in [1.54, 1.807) is 36.4 Å². The molecule has 0 saturated carbocycles. The number of para-hydroxylation sites is 1. The van der Waals surface area contributed by atoms with Crippen molar-refractivity contribution in [1.29, 1.82) is 0 Å². The minimum atomic E-state index is -0.697. The number of benzene rings is 2. The maximum absolute atomic E-state index is 13.0. The van der Waals surface area contributed by atoms with Crippen LogP contribution in [-0.4, -0.2) is 29.7 Å². The minimum absolute atomic E-state index is 0.256. The van der Waals surface area contributed by atoms with Gasteiger partial charge in [0, 0.05) is 16.6 Å². The molecule has 0 saturated heterocycles. The number of esters is 1. The number of hydrogen-bond donors (Lipinski definition) is 0. The van der Waals surface area contributed by atoms with Crippen molar-refractivity contribution in [2.45, 2.75) is 19.4 Å². The standard InChI is InChI=1S/C20H18ClNO4/c1-3-18(26-14-10-8-13(21)9-11-14)19(23)22-12-16(20(24)25-2)15-6-4-5-7-17(15)22/h4-12,18H,3H2,1-2H3/t18-/m1/s1. The molecule has 134 valence electrons. The van der Waals surface area contributed by atoms with Crippen LogP contribution in [0.2, 0.25) is 5.02 Å². The molecule has 0 aliphatic carbocycles. The fraction of sp³-hybridized carbons (Fsp3) is 0.200. The first-order chi connectivity index (χ1) is 12.5. The van der Waals surface area contributed by atoms with E-state index < -0.39 is 12.1 Å². The number of nitrogens with zero attached hydrogens (tertiary/aromatic N) is 1. The fourth-order valence-corrected chi connectivity index (χ4v) is 2.90. The van der Waals surface area contributed by atoms with Crippen molar-refractivity contribution in [2.75, 3.05) is 7.11 Å². The summed E-state index contributed by atoms with van der Waals surface area (Å²) in [4.78, 5) is 25.1. The van der Waals surface area contributed by atoms with E-state index in [4.69, 9.17) is 21.1 Å². The lowest BCUT2D eigenvalue weighted by Gasteiger charge is -2.17. The first-order valence-electron chi connectivity index (χ1n) is 8.20. The largest absolute Gasteiger partial charge is 0.481 e. The van der Waals surface area contributed by atoms with E-state index in [2.05, 4.69) is 0 Å². The molecule has 0 fully saturated rings. The van der Waals surface area contributed by atoms with Crippen LogP contribution in [0.5, 0.6) is 5.75 Å². The van der Waals surface area contributed by atoms with Gasteiger partial charge in [-0.05, 0) is 36.8 Å². The van der Waals surface area contributed by atoms with Gasteiger partial charge in [0.05, 0.1) is 18.2 Å². The Labute approximate surface area is 156 Å². The number of hydrogen-bond acceptors (Lipinski definition) is 4. The van der Waals surface area contributed by atoms with Gasteiger partial charge in [0.15, 0.2) is 6.10 Å². The van der Waals surface area contributed by atoms with Gasteiger partial charge in [0.2, 0.25) is 0 Å². The number of carbonyl (C=O) groups excluding carboxylic acids is 2. The summed E-state index contributed by atoms with van der Waals surface area (Å²) in [5, 5.41) is 1.25. The lowest BCUT2D eigenvalue weighted by atomic mass is 10.2. The van der Waals surface area contributed by atoms with Gasteiger partial charge in [-0.25, -0.2) is 4.79 Å². The predicted octanol–water partition coefficient (Wildman–Crippen LogP) is 4.58. The second-order valence-corrected chi connectivity index (χ2v) is 6.16. The van der Waals surface area contributed by atoms with Crippen LogP contribution >= 0.6 is 11.6 Å². The lowest BCUT2D eigenvalue weighted by molar-refractivity contribution is 0.0602. The van der Waals surface area contributed by atoms with Crippen LogP contribution in [0, 0.1) is 0 Å². The van der Waals surface area contributed by atoms with Gasteiger partial charge in [0.1, 0.15) is 5.75 Å². The first-order valence-corrected chi connectivity index (χ1v) is 8.57. The molecule has 0 amide bonds. The highest BCUT2D eigenvalue weighted by molar-refractivity contribution is 6.30. The Morgan fingerprint density at radius 3 is 2.46 bits per heavy atom. The summed E-state index contributed by atoms with van der Waals surface area (Å²) in [6, 6.07) is 14.0. The van der Waals surface area contributed by atoms with Crippen LogP contribution in [0.3, 0.4) is 0 Å². The number of fused-ring (bicyclic) bond motifs is 1. The molecule has 2 aromatic carbocycles. The average molecular weight is 372 g/mol.